The first-order valence-electron chi connectivity index (χ1n) is 5.88. The number of ether oxygens (including phenoxy) is 2. The third-order valence-electron chi connectivity index (χ3n) is 2.48. The Bertz CT molecular complexity index is 385. The van der Waals surface area contributed by atoms with Crippen molar-refractivity contribution in [3.63, 3.8) is 0 Å². The molecule has 0 heterocycles. The molecule has 0 aliphatic heterocycles. The van der Waals surface area contributed by atoms with Crippen molar-refractivity contribution in [3.05, 3.63) is 18.2 Å². The number of rotatable bonds is 6. The third-order valence-corrected chi connectivity index (χ3v) is 2.48. The molecular weight excluding hydrogens is 232 g/mol. The van der Waals surface area contributed by atoms with E-state index < -0.39 is 0 Å². The molecule has 1 amide bonds. The minimum atomic E-state index is -0.318. The van der Waals surface area contributed by atoms with Gasteiger partial charge in [-0.05, 0) is 13.8 Å². The quantitative estimate of drug-likeness (QED) is 0.808. The van der Waals surface area contributed by atoms with Gasteiger partial charge in [-0.15, -0.1) is 0 Å². The summed E-state index contributed by atoms with van der Waals surface area (Å²) in [7, 11) is 3.18. The highest BCUT2D eigenvalue weighted by Gasteiger charge is 2.12. The highest BCUT2D eigenvalue weighted by molar-refractivity contribution is 5.84. The molecule has 0 radical (unpaired) electrons. The van der Waals surface area contributed by atoms with E-state index in [9.17, 15) is 4.79 Å². The van der Waals surface area contributed by atoms with E-state index in [1.807, 2.05) is 19.1 Å². The minimum absolute atomic E-state index is 0.0423. The average molecular weight is 252 g/mol. The topological polar surface area (TPSA) is 59.6 Å². The van der Waals surface area contributed by atoms with Crippen LogP contribution in [0.4, 0.5) is 5.69 Å². The normalized spacial score (nSPS) is 11.6. The Morgan fingerprint density at radius 1 is 1.22 bits per heavy atom. The Morgan fingerprint density at radius 3 is 2.22 bits per heavy atom. The number of carbonyl (C=O) groups excluding carboxylic acids is 1. The average Bonchev–Trinajstić information content (AvgIpc) is 2.38. The van der Waals surface area contributed by atoms with Crippen molar-refractivity contribution in [2.24, 2.45) is 0 Å². The summed E-state index contributed by atoms with van der Waals surface area (Å²) >= 11 is 0. The van der Waals surface area contributed by atoms with Gasteiger partial charge < -0.3 is 20.1 Å². The molecule has 0 saturated heterocycles. The Labute approximate surface area is 107 Å². The van der Waals surface area contributed by atoms with Gasteiger partial charge in [0.2, 0.25) is 5.91 Å². The van der Waals surface area contributed by atoms with Crippen LogP contribution in [0.15, 0.2) is 18.2 Å². The Balaban J connectivity index is 2.79. The van der Waals surface area contributed by atoms with Crippen molar-refractivity contribution in [1.29, 1.82) is 0 Å². The zero-order valence-corrected chi connectivity index (χ0v) is 11.2. The van der Waals surface area contributed by atoms with Gasteiger partial charge in [-0.1, -0.05) is 0 Å². The minimum Gasteiger partial charge on any atom is -0.497 e. The summed E-state index contributed by atoms with van der Waals surface area (Å²) in [4.78, 5) is 11.6. The summed E-state index contributed by atoms with van der Waals surface area (Å²) in [6, 6.07) is 5.10. The van der Waals surface area contributed by atoms with Crippen LogP contribution in [0.2, 0.25) is 0 Å². The van der Waals surface area contributed by atoms with Crippen molar-refractivity contribution in [2.45, 2.75) is 19.9 Å². The van der Waals surface area contributed by atoms with Crippen molar-refractivity contribution in [1.82, 2.24) is 5.32 Å². The van der Waals surface area contributed by atoms with E-state index in [2.05, 4.69) is 10.6 Å². The molecule has 5 nitrogen and oxygen atoms in total. The lowest BCUT2D eigenvalue weighted by Crippen LogP contribution is -2.37. The smallest absolute Gasteiger partial charge is 0.242 e. The van der Waals surface area contributed by atoms with Crippen LogP contribution in [0.5, 0.6) is 11.5 Å². The van der Waals surface area contributed by atoms with Gasteiger partial charge in [0.05, 0.1) is 14.2 Å². The Hall–Kier alpha value is -1.91. The molecule has 2 N–H and O–H groups in total. The van der Waals surface area contributed by atoms with Crippen molar-refractivity contribution in [2.75, 3.05) is 26.1 Å². The standard InChI is InChI=1S/C13H20N2O3/c1-5-14-13(16)9(2)15-10-6-11(17-3)8-12(7-10)18-4/h6-9,15H,5H2,1-4H3,(H,14,16). The lowest BCUT2D eigenvalue weighted by atomic mass is 10.2. The van der Waals surface area contributed by atoms with Crippen LogP contribution >= 0.6 is 0 Å². The molecule has 1 aromatic carbocycles. The van der Waals surface area contributed by atoms with Gasteiger partial charge in [-0.2, -0.15) is 0 Å². The number of benzene rings is 1. The van der Waals surface area contributed by atoms with Gasteiger partial charge >= 0.3 is 0 Å². The zero-order chi connectivity index (χ0) is 13.5. The van der Waals surface area contributed by atoms with E-state index in [0.29, 0.717) is 18.0 Å². The molecule has 1 rings (SSSR count). The van der Waals surface area contributed by atoms with Gasteiger partial charge in [0.25, 0.3) is 0 Å². The SMILES string of the molecule is CCNC(=O)C(C)Nc1cc(OC)cc(OC)c1. The highest BCUT2D eigenvalue weighted by atomic mass is 16.5. The van der Waals surface area contributed by atoms with E-state index in [1.165, 1.54) is 0 Å². The first kappa shape index (κ1) is 14.2. The first-order chi connectivity index (χ1) is 8.60. The van der Waals surface area contributed by atoms with Crippen LogP contribution in [0.1, 0.15) is 13.8 Å². The lowest BCUT2D eigenvalue weighted by molar-refractivity contribution is -0.121. The van der Waals surface area contributed by atoms with E-state index in [0.717, 1.165) is 5.69 Å². The Morgan fingerprint density at radius 2 is 1.78 bits per heavy atom. The molecule has 0 saturated carbocycles. The van der Waals surface area contributed by atoms with Crippen molar-refractivity contribution < 1.29 is 14.3 Å². The Kier molecular flexibility index (Phi) is 5.30. The van der Waals surface area contributed by atoms with E-state index in [-0.39, 0.29) is 11.9 Å². The maximum atomic E-state index is 11.6. The molecule has 18 heavy (non-hydrogen) atoms. The number of likely N-dealkylation sites (N-methyl/N-ethyl adjacent to an activating group) is 1. The van der Waals surface area contributed by atoms with Gasteiger partial charge in [0.1, 0.15) is 17.5 Å². The van der Waals surface area contributed by atoms with Gasteiger partial charge in [0, 0.05) is 30.4 Å². The highest BCUT2D eigenvalue weighted by Crippen LogP contribution is 2.26. The molecule has 1 unspecified atom stereocenters. The fourth-order valence-corrected chi connectivity index (χ4v) is 1.53. The molecule has 5 heteroatoms. The molecule has 0 aliphatic carbocycles. The van der Waals surface area contributed by atoms with E-state index in [4.69, 9.17) is 9.47 Å². The van der Waals surface area contributed by atoms with Crippen molar-refractivity contribution in [3.8, 4) is 11.5 Å². The largest absolute Gasteiger partial charge is 0.497 e. The summed E-state index contributed by atoms with van der Waals surface area (Å²) < 4.78 is 10.3. The molecular formula is C13H20N2O3. The summed E-state index contributed by atoms with van der Waals surface area (Å²) in [5, 5.41) is 5.86. The van der Waals surface area contributed by atoms with E-state index >= 15 is 0 Å². The summed E-state index contributed by atoms with van der Waals surface area (Å²) in [5.41, 5.74) is 0.782. The number of anilines is 1. The first-order valence-corrected chi connectivity index (χ1v) is 5.88. The van der Waals surface area contributed by atoms with Gasteiger partial charge in [-0.3, -0.25) is 4.79 Å². The maximum Gasteiger partial charge on any atom is 0.242 e. The van der Waals surface area contributed by atoms with Crippen LogP contribution in [0.3, 0.4) is 0 Å². The molecule has 0 aliphatic rings. The van der Waals surface area contributed by atoms with Gasteiger partial charge in [0.15, 0.2) is 0 Å². The van der Waals surface area contributed by atoms with Crippen LogP contribution in [-0.4, -0.2) is 32.7 Å². The predicted molar refractivity (Wildman–Crippen MR) is 71.3 cm³/mol. The molecule has 0 fully saturated rings. The molecule has 1 aromatic rings. The van der Waals surface area contributed by atoms with Crippen LogP contribution in [-0.2, 0) is 4.79 Å². The lowest BCUT2D eigenvalue weighted by Gasteiger charge is -2.16. The summed E-state index contributed by atoms with van der Waals surface area (Å²) in [6.07, 6.45) is 0. The van der Waals surface area contributed by atoms with Crippen LogP contribution < -0.4 is 20.1 Å². The van der Waals surface area contributed by atoms with Crippen LogP contribution in [0.25, 0.3) is 0 Å². The second kappa shape index (κ2) is 6.74. The molecule has 0 bridgehead atoms. The summed E-state index contributed by atoms with van der Waals surface area (Å²) in [6.45, 7) is 4.31. The maximum absolute atomic E-state index is 11.6. The molecule has 0 spiro atoms. The predicted octanol–water partition coefficient (Wildman–Crippen LogP) is 1.64. The van der Waals surface area contributed by atoms with E-state index in [1.54, 1.807) is 27.2 Å². The molecule has 0 aromatic heterocycles. The second-order valence-electron chi connectivity index (χ2n) is 3.86. The number of carbonyl (C=O) groups is 1. The number of methoxy groups -OCH3 is 2. The fraction of sp³-hybridized carbons (Fsp3) is 0.462. The number of hydrogen-bond acceptors (Lipinski definition) is 4. The second-order valence-corrected chi connectivity index (χ2v) is 3.86. The number of amides is 1. The number of hydrogen-bond donors (Lipinski definition) is 2. The fourth-order valence-electron chi connectivity index (χ4n) is 1.53. The molecule has 1 atom stereocenters. The van der Waals surface area contributed by atoms with Crippen LogP contribution in [0, 0.1) is 0 Å². The third kappa shape index (κ3) is 3.84. The number of nitrogens with one attached hydrogen (secondary N) is 2. The summed E-state index contributed by atoms with van der Waals surface area (Å²) in [5.74, 6) is 1.32. The van der Waals surface area contributed by atoms with Gasteiger partial charge in [-0.25, -0.2) is 0 Å². The van der Waals surface area contributed by atoms with Crippen molar-refractivity contribution >= 4 is 11.6 Å². The zero-order valence-electron chi connectivity index (χ0n) is 11.2. The monoisotopic (exact) mass is 252 g/mol. The molecule has 100 valence electrons.